The standard InChI is InChI=1S/C19H18ClN5O2/c20-15-9-22-24(10-15)11-18(27)23-5-4-19(12-23)7-17(26)25(13-19)16-3-1-2-14(6-16)8-21/h1-3,6,9-10H,4-5,7,11-13H2. The summed E-state index contributed by atoms with van der Waals surface area (Å²) in [7, 11) is 0. The van der Waals surface area contributed by atoms with Gasteiger partial charge in [0.25, 0.3) is 0 Å². The van der Waals surface area contributed by atoms with Crippen LogP contribution >= 0.6 is 11.6 Å². The Bertz CT molecular complexity index is 950. The van der Waals surface area contributed by atoms with Crippen LogP contribution in [-0.4, -0.2) is 46.1 Å². The Hall–Kier alpha value is -2.85. The molecule has 4 rings (SSSR count). The lowest BCUT2D eigenvalue weighted by atomic mass is 9.86. The van der Waals surface area contributed by atoms with Gasteiger partial charge < -0.3 is 9.80 Å². The number of amides is 2. The maximum atomic E-state index is 12.6. The number of nitrogens with zero attached hydrogens (tertiary/aromatic N) is 5. The van der Waals surface area contributed by atoms with Crippen LogP contribution < -0.4 is 4.90 Å². The number of benzene rings is 1. The molecule has 138 valence electrons. The Morgan fingerprint density at radius 2 is 2.22 bits per heavy atom. The molecule has 2 aromatic rings. The Labute approximate surface area is 161 Å². The van der Waals surface area contributed by atoms with Crippen LogP contribution in [-0.2, 0) is 16.1 Å². The van der Waals surface area contributed by atoms with E-state index < -0.39 is 0 Å². The van der Waals surface area contributed by atoms with Crippen molar-refractivity contribution >= 4 is 29.1 Å². The van der Waals surface area contributed by atoms with Gasteiger partial charge in [0.2, 0.25) is 11.8 Å². The molecule has 0 bridgehead atoms. The molecule has 2 fully saturated rings. The monoisotopic (exact) mass is 383 g/mol. The average molecular weight is 384 g/mol. The van der Waals surface area contributed by atoms with Crippen molar-refractivity contribution < 1.29 is 9.59 Å². The maximum absolute atomic E-state index is 12.6. The minimum Gasteiger partial charge on any atom is -0.340 e. The van der Waals surface area contributed by atoms with Crippen molar-refractivity contribution in [2.75, 3.05) is 24.5 Å². The Balaban J connectivity index is 1.45. The van der Waals surface area contributed by atoms with Crippen molar-refractivity contribution in [3.05, 3.63) is 47.2 Å². The second-order valence-corrected chi connectivity index (χ2v) is 7.68. The third-order valence-electron chi connectivity index (χ3n) is 5.30. The van der Waals surface area contributed by atoms with Gasteiger partial charge in [0.05, 0.1) is 22.9 Å². The fourth-order valence-electron chi connectivity index (χ4n) is 3.96. The third kappa shape index (κ3) is 3.40. The Kier molecular flexibility index (Phi) is 4.36. The number of anilines is 1. The summed E-state index contributed by atoms with van der Waals surface area (Å²) in [5, 5.41) is 13.6. The number of likely N-dealkylation sites (tertiary alicyclic amines) is 1. The molecular formula is C19H18ClN5O2. The van der Waals surface area contributed by atoms with Crippen LogP contribution in [0.15, 0.2) is 36.7 Å². The van der Waals surface area contributed by atoms with Gasteiger partial charge in [-0.15, -0.1) is 0 Å². The van der Waals surface area contributed by atoms with Crippen LogP contribution in [0.1, 0.15) is 18.4 Å². The zero-order chi connectivity index (χ0) is 19.0. The molecule has 1 spiro atoms. The number of hydrogen-bond acceptors (Lipinski definition) is 4. The highest BCUT2D eigenvalue weighted by Crippen LogP contribution is 2.42. The van der Waals surface area contributed by atoms with E-state index in [0.717, 1.165) is 12.1 Å². The molecule has 2 aliphatic rings. The first kappa shape index (κ1) is 17.6. The highest BCUT2D eigenvalue weighted by Gasteiger charge is 2.48. The molecule has 0 radical (unpaired) electrons. The van der Waals surface area contributed by atoms with E-state index in [1.54, 1.807) is 34.2 Å². The number of nitriles is 1. The van der Waals surface area contributed by atoms with Gasteiger partial charge in [-0.05, 0) is 24.6 Å². The predicted octanol–water partition coefficient (Wildman–Crippen LogP) is 2.06. The smallest absolute Gasteiger partial charge is 0.244 e. The summed E-state index contributed by atoms with van der Waals surface area (Å²) in [6, 6.07) is 9.18. The van der Waals surface area contributed by atoms with Crippen molar-refractivity contribution in [1.29, 1.82) is 5.26 Å². The van der Waals surface area contributed by atoms with Crippen molar-refractivity contribution in [3.8, 4) is 6.07 Å². The maximum Gasteiger partial charge on any atom is 0.244 e. The fourth-order valence-corrected chi connectivity index (χ4v) is 4.12. The number of rotatable bonds is 3. The summed E-state index contributed by atoms with van der Waals surface area (Å²) in [5.74, 6) is 0.0160. The van der Waals surface area contributed by atoms with Crippen molar-refractivity contribution in [3.63, 3.8) is 0 Å². The molecule has 3 heterocycles. The van der Waals surface area contributed by atoms with E-state index in [1.165, 1.54) is 10.9 Å². The van der Waals surface area contributed by atoms with Crippen molar-refractivity contribution in [2.24, 2.45) is 5.41 Å². The molecule has 2 aliphatic heterocycles. The van der Waals surface area contributed by atoms with Crippen LogP contribution in [0.4, 0.5) is 5.69 Å². The summed E-state index contributed by atoms with van der Waals surface area (Å²) in [6.45, 7) is 1.90. The molecule has 0 saturated carbocycles. The lowest BCUT2D eigenvalue weighted by molar-refractivity contribution is -0.131. The number of aromatic nitrogens is 2. The molecule has 2 amide bonds. The highest BCUT2D eigenvalue weighted by molar-refractivity contribution is 6.30. The van der Waals surface area contributed by atoms with E-state index in [0.29, 0.717) is 36.6 Å². The molecule has 1 aromatic heterocycles. The molecule has 8 heteroatoms. The molecular weight excluding hydrogens is 366 g/mol. The van der Waals surface area contributed by atoms with Gasteiger partial charge in [0.1, 0.15) is 6.54 Å². The van der Waals surface area contributed by atoms with Crippen molar-refractivity contribution in [2.45, 2.75) is 19.4 Å². The fraction of sp³-hybridized carbons (Fsp3) is 0.368. The minimum atomic E-state index is -0.225. The average Bonchev–Trinajstić information content (AvgIpc) is 3.35. The van der Waals surface area contributed by atoms with Crippen LogP contribution in [0.25, 0.3) is 0 Å². The molecule has 2 saturated heterocycles. The minimum absolute atomic E-state index is 0.0241. The van der Waals surface area contributed by atoms with E-state index in [4.69, 9.17) is 16.9 Å². The topological polar surface area (TPSA) is 82.2 Å². The SMILES string of the molecule is N#Cc1cccc(N2CC3(CCN(C(=O)Cn4cc(Cl)cn4)C3)CC2=O)c1. The summed E-state index contributed by atoms with van der Waals surface area (Å²) in [5.41, 5.74) is 1.05. The number of carbonyl (C=O) groups is 2. The summed E-state index contributed by atoms with van der Waals surface area (Å²) >= 11 is 5.84. The summed E-state index contributed by atoms with van der Waals surface area (Å²) in [4.78, 5) is 28.7. The molecule has 1 atom stereocenters. The van der Waals surface area contributed by atoms with Gasteiger partial charge in [0, 0.05) is 43.4 Å². The van der Waals surface area contributed by atoms with Gasteiger partial charge in [-0.25, -0.2) is 0 Å². The molecule has 1 aromatic carbocycles. The van der Waals surface area contributed by atoms with E-state index in [2.05, 4.69) is 11.2 Å². The predicted molar refractivity (Wildman–Crippen MR) is 99.0 cm³/mol. The van der Waals surface area contributed by atoms with Gasteiger partial charge in [-0.2, -0.15) is 10.4 Å². The third-order valence-corrected chi connectivity index (χ3v) is 5.49. The Morgan fingerprint density at radius 1 is 1.37 bits per heavy atom. The zero-order valence-electron chi connectivity index (χ0n) is 14.6. The van der Waals surface area contributed by atoms with E-state index in [9.17, 15) is 9.59 Å². The number of halogens is 1. The second-order valence-electron chi connectivity index (χ2n) is 7.24. The zero-order valence-corrected chi connectivity index (χ0v) is 15.4. The van der Waals surface area contributed by atoms with Crippen molar-refractivity contribution in [1.82, 2.24) is 14.7 Å². The van der Waals surface area contributed by atoms with Crippen LogP contribution in [0.5, 0.6) is 0 Å². The Morgan fingerprint density at radius 3 is 2.96 bits per heavy atom. The first-order valence-electron chi connectivity index (χ1n) is 8.74. The lowest BCUT2D eigenvalue weighted by Gasteiger charge is -2.24. The first-order chi connectivity index (χ1) is 13.0. The van der Waals surface area contributed by atoms with Gasteiger partial charge in [0.15, 0.2) is 0 Å². The summed E-state index contributed by atoms with van der Waals surface area (Å²) < 4.78 is 1.52. The van der Waals surface area contributed by atoms with Gasteiger partial charge in [-0.3, -0.25) is 14.3 Å². The quantitative estimate of drug-likeness (QED) is 0.812. The molecule has 0 N–H and O–H groups in total. The van der Waals surface area contributed by atoms with E-state index >= 15 is 0 Å². The summed E-state index contributed by atoms with van der Waals surface area (Å²) in [6.07, 6.45) is 4.33. The van der Waals surface area contributed by atoms with Gasteiger partial charge >= 0.3 is 0 Å². The molecule has 27 heavy (non-hydrogen) atoms. The normalized spacial score (nSPS) is 21.9. The highest BCUT2D eigenvalue weighted by atomic mass is 35.5. The van der Waals surface area contributed by atoms with Crippen LogP contribution in [0, 0.1) is 16.7 Å². The lowest BCUT2D eigenvalue weighted by Crippen LogP contribution is -2.36. The second kappa shape index (κ2) is 6.71. The number of hydrogen-bond donors (Lipinski definition) is 0. The molecule has 1 unspecified atom stereocenters. The molecule has 0 aliphatic carbocycles. The largest absolute Gasteiger partial charge is 0.340 e. The van der Waals surface area contributed by atoms with Gasteiger partial charge in [-0.1, -0.05) is 17.7 Å². The van der Waals surface area contributed by atoms with E-state index in [-0.39, 0.29) is 23.8 Å². The first-order valence-corrected chi connectivity index (χ1v) is 9.12. The van der Waals surface area contributed by atoms with Crippen LogP contribution in [0.2, 0.25) is 5.02 Å². The van der Waals surface area contributed by atoms with E-state index in [1.807, 2.05) is 6.07 Å². The molecule has 7 nitrogen and oxygen atoms in total. The van der Waals surface area contributed by atoms with Crippen LogP contribution in [0.3, 0.4) is 0 Å². The number of carbonyl (C=O) groups excluding carboxylic acids is 2.